The van der Waals surface area contributed by atoms with Crippen LogP contribution in [0, 0.1) is 0 Å². The molecule has 0 unspecified atom stereocenters. The molecular weight excluding hydrogens is 228 g/mol. The number of nitrogens with one attached hydrogen (secondary N) is 2. The zero-order chi connectivity index (χ0) is 13.2. The summed E-state index contributed by atoms with van der Waals surface area (Å²) in [4.78, 5) is 11.6. The Hall–Kier alpha value is -1.81. The summed E-state index contributed by atoms with van der Waals surface area (Å²) >= 11 is 0. The van der Waals surface area contributed by atoms with Gasteiger partial charge in [0.15, 0.2) is 0 Å². The van der Waals surface area contributed by atoms with Gasteiger partial charge in [0.05, 0.1) is 0 Å². The Morgan fingerprint density at radius 3 is 3.06 bits per heavy atom. The number of hydrogen-bond donors (Lipinski definition) is 2. The van der Waals surface area contributed by atoms with Crippen LogP contribution in [-0.4, -0.2) is 26.1 Å². The third kappa shape index (κ3) is 5.50. The summed E-state index contributed by atoms with van der Waals surface area (Å²) in [7, 11) is 1.87. The topological polar surface area (TPSA) is 50.4 Å². The normalized spacial score (nSPS) is 9.83. The number of anilines is 1. The van der Waals surface area contributed by atoms with Gasteiger partial charge in [-0.2, -0.15) is 0 Å². The highest BCUT2D eigenvalue weighted by Gasteiger charge is 2.02. The van der Waals surface area contributed by atoms with Crippen LogP contribution in [0.2, 0.25) is 0 Å². The minimum Gasteiger partial charge on any atom is -0.489 e. The van der Waals surface area contributed by atoms with Gasteiger partial charge in [0.1, 0.15) is 12.4 Å². The number of benzene rings is 1. The zero-order valence-corrected chi connectivity index (χ0v) is 10.7. The van der Waals surface area contributed by atoms with Crippen molar-refractivity contribution < 1.29 is 9.53 Å². The van der Waals surface area contributed by atoms with Gasteiger partial charge in [-0.25, -0.2) is 0 Å². The van der Waals surface area contributed by atoms with Crippen LogP contribution in [0.3, 0.4) is 0 Å². The average Bonchev–Trinajstić information content (AvgIpc) is 2.37. The van der Waals surface area contributed by atoms with Crippen molar-refractivity contribution >= 4 is 11.6 Å². The van der Waals surface area contributed by atoms with E-state index in [0.717, 1.165) is 24.4 Å². The van der Waals surface area contributed by atoms with E-state index in [9.17, 15) is 4.79 Å². The van der Waals surface area contributed by atoms with E-state index < -0.39 is 0 Å². The van der Waals surface area contributed by atoms with E-state index in [1.54, 1.807) is 12.1 Å². The molecule has 0 spiro atoms. The van der Waals surface area contributed by atoms with E-state index in [-0.39, 0.29) is 5.91 Å². The van der Waals surface area contributed by atoms with Gasteiger partial charge in [0, 0.05) is 18.2 Å². The first-order chi connectivity index (χ1) is 8.76. The molecule has 1 aromatic rings. The Balaban J connectivity index is 2.45. The molecule has 0 radical (unpaired) electrons. The molecule has 0 bridgehead atoms. The van der Waals surface area contributed by atoms with Crippen LogP contribution in [0.4, 0.5) is 5.69 Å². The second-order valence-electron chi connectivity index (χ2n) is 3.88. The van der Waals surface area contributed by atoms with Crippen molar-refractivity contribution in [3.8, 4) is 5.75 Å². The fourth-order valence-electron chi connectivity index (χ4n) is 1.47. The summed E-state index contributed by atoms with van der Waals surface area (Å²) in [6.45, 7) is 4.89. The molecule has 1 aromatic carbocycles. The fraction of sp³-hybridized carbons (Fsp3) is 0.357. The molecule has 1 rings (SSSR count). The van der Waals surface area contributed by atoms with E-state index in [1.165, 1.54) is 0 Å². The van der Waals surface area contributed by atoms with Crippen molar-refractivity contribution in [1.29, 1.82) is 0 Å². The Morgan fingerprint density at radius 1 is 1.50 bits per heavy atom. The third-order valence-corrected chi connectivity index (χ3v) is 2.32. The van der Waals surface area contributed by atoms with E-state index in [0.29, 0.717) is 13.0 Å². The standard InChI is InChI=1S/C14H20N2O2/c1-3-10-18-13-7-4-6-12(11-13)16-14(17)8-5-9-15-2/h3-4,6-7,11,15H,1,5,8-10H2,2H3,(H,16,17). The third-order valence-electron chi connectivity index (χ3n) is 2.32. The molecule has 4 heteroatoms. The second-order valence-corrected chi connectivity index (χ2v) is 3.88. The summed E-state index contributed by atoms with van der Waals surface area (Å²) in [6.07, 6.45) is 3.02. The van der Waals surface area contributed by atoms with Crippen LogP contribution in [0.1, 0.15) is 12.8 Å². The summed E-state index contributed by atoms with van der Waals surface area (Å²) in [6, 6.07) is 7.35. The van der Waals surface area contributed by atoms with Gasteiger partial charge in [0.25, 0.3) is 0 Å². The van der Waals surface area contributed by atoms with Gasteiger partial charge >= 0.3 is 0 Å². The average molecular weight is 248 g/mol. The predicted molar refractivity (Wildman–Crippen MR) is 73.9 cm³/mol. The van der Waals surface area contributed by atoms with Gasteiger partial charge in [-0.3, -0.25) is 4.79 Å². The minimum atomic E-state index is 0.0196. The van der Waals surface area contributed by atoms with E-state index >= 15 is 0 Å². The Labute approximate surface area is 108 Å². The maximum absolute atomic E-state index is 11.6. The van der Waals surface area contributed by atoms with Crippen LogP contribution in [-0.2, 0) is 4.79 Å². The molecule has 2 N–H and O–H groups in total. The molecule has 0 saturated carbocycles. The molecular formula is C14H20N2O2. The second kappa shape index (κ2) is 8.31. The highest BCUT2D eigenvalue weighted by Crippen LogP contribution is 2.17. The zero-order valence-electron chi connectivity index (χ0n) is 10.7. The maximum atomic E-state index is 11.6. The van der Waals surface area contributed by atoms with Crippen molar-refractivity contribution in [1.82, 2.24) is 5.32 Å². The Kier molecular flexibility index (Phi) is 6.58. The van der Waals surface area contributed by atoms with E-state index in [2.05, 4.69) is 17.2 Å². The number of amides is 1. The van der Waals surface area contributed by atoms with Crippen molar-refractivity contribution in [2.45, 2.75) is 12.8 Å². The molecule has 0 aliphatic carbocycles. The van der Waals surface area contributed by atoms with Crippen molar-refractivity contribution in [2.24, 2.45) is 0 Å². The lowest BCUT2D eigenvalue weighted by atomic mass is 10.2. The van der Waals surface area contributed by atoms with Crippen LogP contribution < -0.4 is 15.4 Å². The van der Waals surface area contributed by atoms with Crippen molar-refractivity contribution in [2.75, 3.05) is 25.5 Å². The Morgan fingerprint density at radius 2 is 2.33 bits per heavy atom. The molecule has 1 amide bonds. The lowest BCUT2D eigenvalue weighted by Crippen LogP contribution is -2.15. The quantitative estimate of drug-likeness (QED) is 0.547. The van der Waals surface area contributed by atoms with E-state index in [1.807, 2.05) is 25.2 Å². The molecule has 0 aliphatic rings. The number of ether oxygens (including phenoxy) is 1. The van der Waals surface area contributed by atoms with Gasteiger partial charge in [-0.15, -0.1) is 0 Å². The molecule has 0 aliphatic heterocycles. The van der Waals surface area contributed by atoms with Crippen LogP contribution in [0.15, 0.2) is 36.9 Å². The number of carbonyl (C=O) groups is 1. The molecule has 0 fully saturated rings. The minimum absolute atomic E-state index is 0.0196. The van der Waals surface area contributed by atoms with Gasteiger partial charge in [-0.05, 0) is 32.1 Å². The summed E-state index contributed by atoms with van der Waals surface area (Å²) in [5.74, 6) is 0.744. The smallest absolute Gasteiger partial charge is 0.224 e. The van der Waals surface area contributed by atoms with Crippen LogP contribution in [0.25, 0.3) is 0 Å². The summed E-state index contributed by atoms with van der Waals surface area (Å²) in [5.41, 5.74) is 0.756. The van der Waals surface area contributed by atoms with Crippen molar-refractivity contribution in [3.05, 3.63) is 36.9 Å². The molecule has 0 aromatic heterocycles. The van der Waals surface area contributed by atoms with Gasteiger partial charge in [-0.1, -0.05) is 18.7 Å². The molecule has 98 valence electrons. The molecule has 0 atom stereocenters. The maximum Gasteiger partial charge on any atom is 0.224 e. The first kappa shape index (κ1) is 14.3. The molecule has 4 nitrogen and oxygen atoms in total. The monoisotopic (exact) mass is 248 g/mol. The van der Waals surface area contributed by atoms with Crippen molar-refractivity contribution in [3.63, 3.8) is 0 Å². The van der Waals surface area contributed by atoms with Crippen LogP contribution in [0.5, 0.6) is 5.75 Å². The number of carbonyl (C=O) groups excluding carboxylic acids is 1. The first-order valence-electron chi connectivity index (χ1n) is 6.04. The lowest BCUT2D eigenvalue weighted by Gasteiger charge is -2.08. The number of hydrogen-bond acceptors (Lipinski definition) is 3. The van der Waals surface area contributed by atoms with Gasteiger partial charge < -0.3 is 15.4 Å². The fourth-order valence-corrected chi connectivity index (χ4v) is 1.47. The predicted octanol–water partition coefficient (Wildman–Crippen LogP) is 2.19. The van der Waals surface area contributed by atoms with E-state index in [4.69, 9.17) is 4.74 Å². The van der Waals surface area contributed by atoms with Crippen LogP contribution >= 0.6 is 0 Å². The SMILES string of the molecule is C=CCOc1cccc(NC(=O)CCCNC)c1. The molecule has 0 heterocycles. The first-order valence-corrected chi connectivity index (χ1v) is 6.04. The largest absolute Gasteiger partial charge is 0.489 e. The molecule has 0 saturated heterocycles. The Bertz CT molecular complexity index is 391. The van der Waals surface area contributed by atoms with Gasteiger partial charge in [0.2, 0.25) is 5.91 Å². The lowest BCUT2D eigenvalue weighted by molar-refractivity contribution is -0.116. The number of rotatable bonds is 8. The summed E-state index contributed by atoms with van der Waals surface area (Å²) < 4.78 is 5.40. The highest BCUT2D eigenvalue weighted by atomic mass is 16.5. The summed E-state index contributed by atoms with van der Waals surface area (Å²) in [5, 5.41) is 5.85. The highest BCUT2D eigenvalue weighted by molar-refractivity contribution is 5.90. The molecule has 18 heavy (non-hydrogen) atoms.